The number of thiol groups is 1. The molecule has 1 nitrogen and oxygen atoms in total. The normalized spacial score (nSPS) is 27.5. The van der Waals surface area contributed by atoms with E-state index in [-0.39, 0.29) is 0 Å². The summed E-state index contributed by atoms with van der Waals surface area (Å²) in [6, 6.07) is 3.09. The lowest BCUT2D eigenvalue weighted by atomic mass is 9.89. The standard InChI is InChI=1S/C12H17NS2/c1-8-6-13(7-8)10-2-3-11-9(4-10)5-12(14)15-11/h5,8,10,14H,2-4,6-7H2,1H3. The van der Waals surface area contributed by atoms with Crippen LogP contribution in [0.2, 0.25) is 0 Å². The Morgan fingerprint density at radius 3 is 3.00 bits per heavy atom. The van der Waals surface area contributed by atoms with E-state index >= 15 is 0 Å². The Morgan fingerprint density at radius 1 is 1.47 bits per heavy atom. The van der Waals surface area contributed by atoms with E-state index in [4.69, 9.17) is 0 Å². The van der Waals surface area contributed by atoms with Gasteiger partial charge in [-0.1, -0.05) is 6.92 Å². The molecule has 3 rings (SSSR count). The van der Waals surface area contributed by atoms with Crippen LogP contribution in [0, 0.1) is 5.92 Å². The number of aryl methyl sites for hydroxylation is 1. The largest absolute Gasteiger partial charge is 0.299 e. The molecule has 1 unspecified atom stereocenters. The highest BCUT2D eigenvalue weighted by Gasteiger charge is 2.32. The van der Waals surface area contributed by atoms with E-state index in [0.29, 0.717) is 0 Å². The van der Waals surface area contributed by atoms with Gasteiger partial charge in [-0.25, -0.2) is 0 Å². The molecule has 0 radical (unpaired) electrons. The highest BCUT2D eigenvalue weighted by Crippen LogP contribution is 2.34. The molecule has 1 atom stereocenters. The van der Waals surface area contributed by atoms with Crippen LogP contribution >= 0.6 is 24.0 Å². The maximum absolute atomic E-state index is 4.45. The van der Waals surface area contributed by atoms with E-state index < -0.39 is 0 Å². The van der Waals surface area contributed by atoms with Crippen molar-refractivity contribution in [2.24, 2.45) is 5.92 Å². The zero-order chi connectivity index (χ0) is 10.4. The molecule has 0 aromatic carbocycles. The van der Waals surface area contributed by atoms with Crippen molar-refractivity contribution >= 4 is 24.0 Å². The first-order valence-electron chi connectivity index (χ1n) is 5.77. The van der Waals surface area contributed by atoms with Crippen LogP contribution in [-0.2, 0) is 12.8 Å². The highest BCUT2D eigenvalue weighted by atomic mass is 32.2. The number of likely N-dealkylation sites (tertiary alicyclic amines) is 1. The Balaban J connectivity index is 1.72. The maximum Gasteiger partial charge on any atom is 0.0573 e. The molecule has 0 spiro atoms. The van der Waals surface area contributed by atoms with Gasteiger partial charge in [-0.05, 0) is 36.8 Å². The van der Waals surface area contributed by atoms with Crippen molar-refractivity contribution in [3.8, 4) is 0 Å². The topological polar surface area (TPSA) is 3.24 Å². The molecule has 0 saturated carbocycles. The lowest BCUT2D eigenvalue weighted by Crippen LogP contribution is -2.52. The van der Waals surface area contributed by atoms with Gasteiger partial charge in [0.25, 0.3) is 0 Å². The third-order valence-electron chi connectivity index (χ3n) is 3.65. The summed E-state index contributed by atoms with van der Waals surface area (Å²) in [6.07, 6.45) is 3.89. The summed E-state index contributed by atoms with van der Waals surface area (Å²) in [5.41, 5.74) is 1.57. The van der Waals surface area contributed by atoms with E-state index in [0.717, 1.165) is 12.0 Å². The monoisotopic (exact) mass is 239 g/mol. The molecule has 1 aromatic rings. The summed E-state index contributed by atoms with van der Waals surface area (Å²) in [5, 5.41) is 0. The van der Waals surface area contributed by atoms with Crippen molar-refractivity contribution in [2.45, 2.75) is 36.4 Å². The smallest absolute Gasteiger partial charge is 0.0573 e. The van der Waals surface area contributed by atoms with E-state index in [1.165, 1.54) is 36.6 Å². The Bertz CT molecular complexity index is 366. The summed E-state index contributed by atoms with van der Waals surface area (Å²) in [5.74, 6) is 0.925. The summed E-state index contributed by atoms with van der Waals surface area (Å²) in [4.78, 5) is 4.24. The van der Waals surface area contributed by atoms with Gasteiger partial charge in [0.1, 0.15) is 0 Å². The van der Waals surface area contributed by atoms with Gasteiger partial charge in [0.15, 0.2) is 0 Å². The first-order chi connectivity index (χ1) is 7.22. The predicted octanol–water partition coefficient (Wildman–Crippen LogP) is 2.85. The SMILES string of the molecule is CC1CN(C2CCc3sc(S)cc3C2)C1. The second-order valence-electron chi connectivity index (χ2n) is 4.99. The lowest BCUT2D eigenvalue weighted by Gasteiger charge is -2.44. The fourth-order valence-corrected chi connectivity index (χ4v) is 4.28. The van der Waals surface area contributed by atoms with Gasteiger partial charge in [-0.2, -0.15) is 0 Å². The average Bonchev–Trinajstić information content (AvgIpc) is 2.52. The quantitative estimate of drug-likeness (QED) is 0.738. The number of hydrogen-bond donors (Lipinski definition) is 1. The molecule has 82 valence electrons. The van der Waals surface area contributed by atoms with Crippen LogP contribution in [0.1, 0.15) is 23.8 Å². The molecule has 1 aliphatic heterocycles. The first-order valence-corrected chi connectivity index (χ1v) is 7.03. The third kappa shape index (κ3) is 1.85. The van der Waals surface area contributed by atoms with E-state index in [2.05, 4.69) is 30.5 Å². The third-order valence-corrected chi connectivity index (χ3v) is 5.10. The summed E-state index contributed by atoms with van der Waals surface area (Å²) in [7, 11) is 0. The molecule has 1 aromatic heterocycles. The van der Waals surface area contributed by atoms with Crippen molar-refractivity contribution in [2.75, 3.05) is 13.1 Å². The molecule has 2 heterocycles. The van der Waals surface area contributed by atoms with Gasteiger partial charge in [0, 0.05) is 24.0 Å². The van der Waals surface area contributed by atoms with E-state index in [1.54, 1.807) is 10.4 Å². The van der Waals surface area contributed by atoms with Gasteiger partial charge >= 0.3 is 0 Å². The molecule has 0 amide bonds. The van der Waals surface area contributed by atoms with Crippen LogP contribution in [0.4, 0.5) is 0 Å². The molecule has 2 aliphatic rings. The summed E-state index contributed by atoms with van der Waals surface area (Å²) >= 11 is 6.32. The number of fused-ring (bicyclic) bond motifs is 1. The molecule has 3 heteroatoms. The van der Waals surface area contributed by atoms with Crippen LogP contribution in [0.5, 0.6) is 0 Å². The molecule has 1 saturated heterocycles. The molecule has 1 fully saturated rings. The molecule has 0 bridgehead atoms. The first kappa shape index (κ1) is 10.2. The fraction of sp³-hybridized carbons (Fsp3) is 0.667. The van der Waals surface area contributed by atoms with Crippen molar-refractivity contribution in [1.29, 1.82) is 0 Å². The minimum absolute atomic E-state index is 0.816. The summed E-state index contributed by atoms with van der Waals surface area (Å²) in [6.45, 7) is 4.98. The van der Waals surface area contributed by atoms with Crippen molar-refractivity contribution in [3.05, 3.63) is 16.5 Å². The van der Waals surface area contributed by atoms with Crippen molar-refractivity contribution < 1.29 is 0 Å². The Labute approximate surface area is 101 Å². The van der Waals surface area contributed by atoms with Gasteiger partial charge < -0.3 is 0 Å². The molecule has 1 aliphatic carbocycles. The highest BCUT2D eigenvalue weighted by molar-refractivity contribution is 7.82. The second kappa shape index (κ2) is 3.79. The molecular formula is C12H17NS2. The van der Waals surface area contributed by atoms with Crippen molar-refractivity contribution in [1.82, 2.24) is 4.90 Å². The number of hydrogen-bond acceptors (Lipinski definition) is 3. The molecule has 15 heavy (non-hydrogen) atoms. The van der Waals surface area contributed by atoms with E-state index in [9.17, 15) is 0 Å². The number of rotatable bonds is 1. The zero-order valence-electron chi connectivity index (χ0n) is 9.07. The number of thiophene rings is 1. The Morgan fingerprint density at radius 2 is 2.27 bits per heavy atom. The molecular weight excluding hydrogens is 222 g/mol. The van der Waals surface area contributed by atoms with Crippen LogP contribution < -0.4 is 0 Å². The van der Waals surface area contributed by atoms with Gasteiger partial charge in [-0.15, -0.1) is 24.0 Å². The van der Waals surface area contributed by atoms with Gasteiger partial charge in [-0.3, -0.25) is 4.90 Å². The zero-order valence-corrected chi connectivity index (χ0v) is 10.8. The van der Waals surface area contributed by atoms with Crippen LogP contribution in [0.25, 0.3) is 0 Å². The van der Waals surface area contributed by atoms with Gasteiger partial charge in [0.2, 0.25) is 0 Å². The average molecular weight is 239 g/mol. The summed E-state index contributed by atoms with van der Waals surface area (Å²) < 4.78 is 1.19. The second-order valence-corrected chi connectivity index (χ2v) is 6.91. The lowest BCUT2D eigenvalue weighted by molar-refractivity contribution is 0.0557. The van der Waals surface area contributed by atoms with E-state index in [1.807, 2.05) is 11.3 Å². The van der Waals surface area contributed by atoms with Crippen LogP contribution in [-0.4, -0.2) is 24.0 Å². The Hall–Kier alpha value is 0.01000. The fourth-order valence-electron chi connectivity index (χ4n) is 2.85. The molecule has 0 N–H and O–H groups in total. The predicted molar refractivity (Wildman–Crippen MR) is 68.1 cm³/mol. The van der Waals surface area contributed by atoms with Crippen LogP contribution in [0.3, 0.4) is 0 Å². The number of nitrogens with zero attached hydrogens (tertiary/aromatic N) is 1. The van der Waals surface area contributed by atoms with Crippen LogP contribution in [0.15, 0.2) is 10.3 Å². The minimum atomic E-state index is 0.816. The maximum atomic E-state index is 4.45. The minimum Gasteiger partial charge on any atom is -0.299 e. The van der Waals surface area contributed by atoms with Crippen molar-refractivity contribution in [3.63, 3.8) is 0 Å². The Kier molecular flexibility index (Phi) is 2.57. The van der Waals surface area contributed by atoms with Gasteiger partial charge in [0.05, 0.1) is 4.21 Å².